The van der Waals surface area contributed by atoms with Crippen molar-refractivity contribution >= 4 is 23.4 Å². The third-order valence-corrected chi connectivity index (χ3v) is 6.77. The summed E-state index contributed by atoms with van der Waals surface area (Å²) in [6.45, 7) is -2.63. The number of ketones is 1. The molecule has 1 N–H and O–H groups in total. The third-order valence-electron chi connectivity index (χ3n) is 6.53. The quantitative estimate of drug-likeness (QED) is 0.233. The lowest BCUT2D eigenvalue weighted by molar-refractivity contribution is -0.122. The number of aromatic carboxylic acids is 1. The fraction of sp³-hybridized carbons (Fsp3) is 0.241. The van der Waals surface area contributed by atoms with E-state index in [4.69, 9.17) is 26.2 Å². The number of rotatable bonds is 12. The van der Waals surface area contributed by atoms with Crippen LogP contribution in [0.2, 0.25) is 5.02 Å². The normalized spacial score (nSPS) is 12.0. The van der Waals surface area contributed by atoms with Gasteiger partial charge in [0.25, 0.3) is 5.56 Å². The van der Waals surface area contributed by atoms with Gasteiger partial charge in [0.2, 0.25) is 0 Å². The number of carbonyl (C=O) groups excluding carboxylic acids is 1. The molecule has 0 aliphatic rings. The van der Waals surface area contributed by atoms with Crippen LogP contribution in [0.1, 0.15) is 34.9 Å². The lowest BCUT2D eigenvalue weighted by Crippen LogP contribution is -2.31. The van der Waals surface area contributed by atoms with Crippen LogP contribution in [0.5, 0.6) is 5.75 Å². The first kappa shape index (κ1) is 29.6. The first-order chi connectivity index (χ1) is 19.6. The molecule has 0 amide bonds. The lowest BCUT2D eigenvalue weighted by atomic mass is 9.95. The first-order valence-corrected chi connectivity index (χ1v) is 12.8. The number of carboxylic acid groups (broad SMARTS) is 1. The molecular weight excluding hydrogens is 560 g/mol. The Bertz CT molecular complexity index is 1620. The van der Waals surface area contributed by atoms with Crippen molar-refractivity contribution in [2.24, 2.45) is 0 Å². The molecule has 0 spiro atoms. The molecule has 0 radical (unpaired) electrons. The Morgan fingerprint density at radius 2 is 1.76 bits per heavy atom. The van der Waals surface area contributed by atoms with Crippen molar-refractivity contribution in [2.45, 2.75) is 25.4 Å². The predicted molar refractivity (Wildman–Crippen MR) is 148 cm³/mol. The van der Waals surface area contributed by atoms with Gasteiger partial charge in [0.05, 0.1) is 31.1 Å². The number of methoxy groups -OCH3 is 2. The molecule has 0 aliphatic heterocycles. The monoisotopic (exact) mass is 585 g/mol. The predicted octanol–water partition coefficient (Wildman–Crippen LogP) is 5.52. The average molecular weight is 586 g/mol. The van der Waals surface area contributed by atoms with Crippen molar-refractivity contribution in [3.63, 3.8) is 0 Å². The van der Waals surface area contributed by atoms with E-state index < -0.39 is 24.1 Å². The summed E-state index contributed by atoms with van der Waals surface area (Å²) in [5.41, 5.74) is 1.84. The Kier molecular flexibility index (Phi) is 9.31. The Labute approximate surface area is 238 Å². The number of pyridine rings is 1. The maximum Gasteiger partial charge on any atom is 0.335 e. The maximum absolute atomic E-state index is 13.5. The standard InChI is InChI=1S/C29H26ClF2N3O6/c1-40-10-9-24(25(36)11-17-3-5-18(6-4-17)28(38)39)34-16-26(41-2)23(13-27(34)37)22-12-20(30)7-8-21(22)19-14-33-35(15-19)29(31)32/h3-8,12-16,24,29H,9-11H2,1-2H3,(H,38,39)/t24-/m0/s1. The van der Waals surface area contributed by atoms with Crippen molar-refractivity contribution in [3.05, 3.63) is 93.6 Å². The molecule has 12 heteroatoms. The van der Waals surface area contributed by atoms with Crippen LogP contribution in [-0.2, 0) is 16.0 Å². The molecule has 4 rings (SSSR count). The van der Waals surface area contributed by atoms with E-state index in [1.54, 1.807) is 30.3 Å². The second-order valence-corrected chi connectivity index (χ2v) is 9.56. The average Bonchev–Trinajstić information content (AvgIpc) is 3.44. The Morgan fingerprint density at radius 1 is 1.02 bits per heavy atom. The molecule has 0 saturated heterocycles. The molecule has 2 aromatic heterocycles. The molecule has 0 aliphatic carbocycles. The molecule has 41 heavy (non-hydrogen) atoms. The van der Waals surface area contributed by atoms with Gasteiger partial charge < -0.3 is 19.1 Å². The van der Waals surface area contributed by atoms with Crippen LogP contribution in [0, 0.1) is 0 Å². The van der Waals surface area contributed by atoms with Crippen LogP contribution >= 0.6 is 11.6 Å². The largest absolute Gasteiger partial charge is 0.495 e. The number of Topliss-reactive ketones (excluding diaryl/α,β-unsaturated/α-hetero) is 1. The van der Waals surface area contributed by atoms with Gasteiger partial charge in [-0.3, -0.25) is 9.59 Å². The van der Waals surface area contributed by atoms with Crippen molar-refractivity contribution < 1.29 is 33.0 Å². The minimum Gasteiger partial charge on any atom is -0.495 e. The second kappa shape index (κ2) is 12.9. The topological polar surface area (TPSA) is 113 Å². The molecular formula is C29H26ClF2N3O6. The van der Waals surface area contributed by atoms with Gasteiger partial charge in [-0.15, -0.1) is 0 Å². The number of alkyl halides is 2. The van der Waals surface area contributed by atoms with E-state index in [-0.39, 0.29) is 36.5 Å². The molecule has 4 aromatic rings. The minimum atomic E-state index is -2.82. The number of nitrogens with zero attached hydrogens (tertiary/aromatic N) is 3. The van der Waals surface area contributed by atoms with E-state index >= 15 is 0 Å². The van der Waals surface area contributed by atoms with Gasteiger partial charge in [0, 0.05) is 48.6 Å². The van der Waals surface area contributed by atoms with Crippen LogP contribution in [0.25, 0.3) is 22.3 Å². The van der Waals surface area contributed by atoms with Crippen LogP contribution < -0.4 is 10.3 Å². The van der Waals surface area contributed by atoms with E-state index in [0.29, 0.717) is 37.5 Å². The zero-order valence-electron chi connectivity index (χ0n) is 22.1. The van der Waals surface area contributed by atoms with Gasteiger partial charge in [0.1, 0.15) is 5.75 Å². The van der Waals surface area contributed by atoms with Gasteiger partial charge >= 0.3 is 12.5 Å². The molecule has 0 fully saturated rings. The number of halogens is 3. The summed E-state index contributed by atoms with van der Waals surface area (Å²) in [5.74, 6) is -1.12. The Morgan fingerprint density at radius 3 is 2.37 bits per heavy atom. The minimum absolute atomic E-state index is 0.0443. The molecule has 2 aromatic carbocycles. The number of benzene rings is 2. The molecule has 214 valence electrons. The highest BCUT2D eigenvalue weighted by molar-refractivity contribution is 6.31. The summed E-state index contributed by atoms with van der Waals surface area (Å²) in [4.78, 5) is 38.1. The number of ether oxygens (including phenoxy) is 2. The summed E-state index contributed by atoms with van der Waals surface area (Å²) in [7, 11) is 2.89. The zero-order chi connectivity index (χ0) is 29.7. The number of hydrogen-bond acceptors (Lipinski definition) is 6. The summed E-state index contributed by atoms with van der Waals surface area (Å²) in [6.07, 6.45) is 4.05. The molecule has 0 bridgehead atoms. The molecule has 2 heterocycles. The highest BCUT2D eigenvalue weighted by atomic mass is 35.5. The number of carbonyl (C=O) groups is 2. The Balaban J connectivity index is 1.75. The van der Waals surface area contributed by atoms with Crippen molar-refractivity contribution in [3.8, 4) is 28.0 Å². The van der Waals surface area contributed by atoms with Crippen LogP contribution in [0.4, 0.5) is 8.78 Å². The number of aromatic nitrogens is 3. The Hall–Kier alpha value is -4.35. The second-order valence-electron chi connectivity index (χ2n) is 9.12. The van der Waals surface area contributed by atoms with Crippen molar-refractivity contribution in [1.29, 1.82) is 0 Å². The fourth-order valence-electron chi connectivity index (χ4n) is 4.49. The smallest absolute Gasteiger partial charge is 0.335 e. The van der Waals surface area contributed by atoms with E-state index in [9.17, 15) is 23.2 Å². The first-order valence-electron chi connectivity index (χ1n) is 12.4. The summed E-state index contributed by atoms with van der Waals surface area (Å²) in [5, 5.41) is 13.2. The van der Waals surface area contributed by atoms with Crippen LogP contribution in [0.3, 0.4) is 0 Å². The van der Waals surface area contributed by atoms with E-state index in [1.165, 1.54) is 55.6 Å². The maximum atomic E-state index is 13.5. The highest BCUT2D eigenvalue weighted by Gasteiger charge is 2.25. The van der Waals surface area contributed by atoms with Gasteiger partial charge in [0.15, 0.2) is 5.78 Å². The van der Waals surface area contributed by atoms with Crippen LogP contribution in [-0.4, -0.2) is 52.0 Å². The zero-order valence-corrected chi connectivity index (χ0v) is 22.8. The van der Waals surface area contributed by atoms with E-state index in [0.717, 1.165) is 0 Å². The van der Waals surface area contributed by atoms with E-state index in [1.807, 2.05) is 0 Å². The lowest BCUT2D eigenvalue weighted by Gasteiger charge is -2.21. The summed E-state index contributed by atoms with van der Waals surface area (Å²) in [6, 6.07) is 11.1. The highest BCUT2D eigenvalue weighted by Crippen LogP contribution is 2.38. The molecule has 9 nitrogen and oxygen atoms in total. The van der Waals surface area contributed by atoms with Gasteiger partial charge in [-0.2, -0.15) is 13.9 Å². The van der Waals surface area contributed by atoms with Gasteiger partial charge in [-0.1, -0.05) is 29.8 Å². The molecule has 1 atom stereocenters. The summed E-state index contributed by atoms with van der Waals surface area (Å²) >= 11 is 6.27. The summed E-state index contributed by atoms with van der Waals surface area (Å²) < 4.78 is 38.9. The SMILES string of the molecule is COCC[C@@H](C(=O)Cc1ccc(C(=O)O)cc1)n1cc(OC)c(-c2cc(Cl)ccc2-c2cnn(C(F)F)c2)cc1=O. The van der Waals surface area contributed by atoms with Crippen molar-refractivity contribution in [1.82, 2.24) is 14.3 Å². The van der Waals surface area contributed by atoms with E-state index in [2.05, 4.69) is 5.10 Å². The van der Waals surface area contributed by atoms with Crippen LogP contribution in [0.15, 0.2) is 71.9 Å². The number of hydrogen-bond donors (Lipinski definition) is 1. The van der Waals surface area contributed by atoms with Gasteiger partial charge in [-0.25, -0.2) is 9.48 Å². The number of carboxylic acids is 1. The fourth-order valence-corrected chi connectivity index (χ4v) is 4.66. The van der Waals surface area contributed by atoms with Crippen molar-refractivity contribution in [2.75, 3.05) is 20.8 Å². The third kappa shape index (κ3) is 6.69. The molecule has 0 saturated carbocycles. The van der Waals surface area contributed by atoms with Gasteiger partial charge in [-0.05, 0) is 47.4 Å². The molecule has 0 unspecified atom stereocenters.